The van der Waals surface area contributed by atoms with Crippen LogP contribution in [0.4, 0.5) is 17.2 Å². The smallest absolute Gasteiger partial charge is 0.326 e. The Morgan fingerprint density at radius 3 is 2.56 bits per heavy atom. The van der Waals surface area contributed by atoms with Crippen molar-refractivity contribution < 1.29 is 24.2 Å². The number of nitrogens with zero attached hydrogens (tertiary/aromatic N) is 4. The summed E-state index contributed by atoms with van der Waals surface area (Å²) in [6.07, 6.45) is 1.80. The number of nitrogens with one attached hydrogen (secondary N) is 1. The number of fused-ring (bicyclic) bond motifs is 3. The maximum atomic E-state index is 12.9. The number of furan rings is 1. The molecule has 4 heterocycles. The fraction of sp³-hybridized carbons (Fsp3) is 0.379. The minimum atomic E-state index is -0.959. The van der Waals surface area contributed by atoms with Crippen molar-refractivity contribution >= 4 is 51.1 Å². The van der Waals surface area contributed by atoms with Gasteiger partial charge < -0.3 is 29.7 Å². The fourth-order valence-corrected chi connectivity index (χ4v) is 5.77. The molecule has 0 aliphatic carbocycles. The Labute approximate surface area is 225 Å². The minimum Gasteiger partial charge on any atom is -0.480 e. The van der Waals surface area contributed by atoms with Crippen LogP contribution in [0, 0.1) is 12.8 Å². The molecule has 2 aromatic heterocycles. The number of carboxylic acid groups (broad SMARTS) is 1. The van der Waals surface area contributed by atoms with E-state index in [2.05, 4.69) is 20.2 Å². The van der Waals surface area contributed by atoms with E-state index < -0.39 is 12.0 Å². The van der Waals surface area contributed by atoms with Crippen LogP contribution in [0.5, 0.6) is 0 Å². The largest absolute Gasteiger partial charge is 0.480 e. The predicted octanol–water partition coefficient (Wildman–Crippen LogP) is 3.95. The van der Waals surface area contributed by atoms with Gasteiger partial charge in [0, 0.05) is 42.8 Å². The average Bonchev–Trinajstić information content (AvgIpc) is 3.51. The first-order valence-corrected chi connectivity index (χ1v) is 13.3. The van der Waals surface area contributed by atoms with Crippen molar-refractivity contribution in [1.82, 2.24) is 9.97 Å². The van der Waals surface area contributed by atoms with Crippen LogP contribution in [0.15, 0.2) is 52.9 Å². The van der Waals surface area contributed by atoms with Gasteiger partial charge in [0.15, 0.2) is 11.4 Å². The number of aryl methyl sites for hydroxylation is 1. The van der Waals surface area contributed by atoms with E-state index in [0.717, 1.165) is 37.0 Å². The zero-order chi connectivity index (χ0) is 27.1. The van der Waals surface area contributed by atoms with Gasteiger partial charge in [-0.2, -0.15) is 0 Å². The quantitative estimate of drug-likeness (QED) is 0.340. The number of aliphatic hydroxyl groups excluding tert-OH is 1. The topological polar surface area (TPSA) is 132 Å². The van der Waals surface area contributed by atoms with Crippen molar-refractivity contribution in [2.45, 2.75) is 44.8 Å². The summed E-state index contributed by atoms with van der Waals surface area (Å²) < 4.78 is 6.08. The number of carbonyl (C=O) groups is 2. The Hall–Kier alpha value is -4.18. The Morgan fingerprint density at radius 1 is 1.08 bits per heavy atom. The van der Waals surface area contributed by atoms with Crippen LogP contribution in [-0.4, -0.2) is 63.8 Å². The lowest BCUT2D eigenvalue weighted by Gasteiger charge is -2.31. The highest BCUT2D eigenvalue weighted by atomic mass is 16.4. The maximum Gasteiger partial charge on any atom is 0.326 e. The van der Waals surface area contributed by atoms with E-state index in [4.69, 9.17) is 4.42 Å². The number of benzene rings is 2. The Kier molecular flexibility index (Phi) is 6.56. The van der Waals surface area contributed by atoms with Crippen LogP contribution in [0.2, 0.25) is 0 Å². The van der Waals surface area contributed by atoms with Gasteiger partial charge in [-0.15, -0.1) is 0 Å². The summed E-state index contributed by atoms with van der Waals surface area (Å²) in [5.74, 6) is -0.310. The molecule has 2 fully saturated rings. The van der Waals surface area contributed by atoms with E-state index in [9.17, 15) is 19.8 Å². The minimum absolute atomic E-state index is 0.160. The van der Waals surface area contributed by atoms with E-state index in [1.807, 2.05) is 48.5 Å². The number of rotatable bonds is 6. The van der Waals surface area contributed by atoms with E-state index in [1.54, 1.807) is 11.8 Å². The number of carbonyl (C=O) groups excluding carboxylic acids is 1. The molecule has 4 aromatic rings. The average molecular weight is 530 g/mol. The lowest BCUT2D eigenvalue weighted by Crippen LogP contribution is -2.36. The summed E-state index contributed by atoms with van der Waals surface area (Å²) in [6.45, 7) is 3.76. The number of carboxylic acids is 1. The molecule has 0 spiro atoms. The van der Waals surface area contributed by atoms with Gasteiger partial charge in [-0.05, 0) is 68.5 Å². The molecular formula is C29H31N5O5. The Morgan fingerprint density at radius 2 is 1.82 bits per heavy atom. The molecular weight excluding hydrogens is 498 g/mol. The molecule has 0 unspecified atom stereocenters. The van der Waals surface area contributed by atoms with E-state index >= 15 is 0 Å². The number of anilines is 3. The number of para-hydroxylation sites is 1. The van der Waals surface area contributed by atoms with E-state index in [1.165, 1.54) is 0 Å². The lowest BCUT2D eigenvalue weighted by molar-refractivity contribution is -0.138. The first-order valence-electron chi connectivity index (χ1n) is 13.3. The summed E-state index contributed by atoms with van der Waals surface area (Å²) in [5, 5.41) is 23.6. The van der Waals surface area contributed by atoms with Crippen LogP contribution in [0.25, 0.3) is 22.1 Å². The van der Waals surface area contributed by atoms with Gasteiger partial charge in [0.25, 0.3) is 0 Å². The van der Waals surface area contributed by atoms with Crippen LogP contribution in [0.1, 0.15) is 31.5 Å². The monoisotopic (exact) mass is 529 g/mol. The molecule has 0 bridgehead atoms. The molecule has 10 heteroatoms. The molecule has 2 atom stereocenters. The molecule has 0 saturated carbocycles. The first kappa shape index (κ1) is 25.1. The third kappa shape index (κ3) is 4.99. The third-order valence-corrected chi connectivity index (χ3v) is 7.71. The summed E-state index contributed by atoms with van der Waals surface area (Å²) in [5.41, 5.74) is 3.54. The summed E-state index contributed by atoms with van der Waals surface area (Å²) >= 11 is 0. The molecule has 2 saturated heterocycles. The van der Waals surface area contributed by atoms with Crippen LogP contribution in [-0.2, 0) is 9.59 Å². The van der Waals surface area contributed by atoms with Gasteiger partial charge in [0.05, 0.1) is 6.10 Å². The Bertz CT molecular complexity index is 1530. The number of aromatic nitrogens is 2. The van der Waals surface area contributed by atoms with Gasteiger partial charge in [-0.3, -0.25) is 4.79 Å². The molecule has 202 valence electrons. The van der Waals surface area contributed by atoms with Gasteiger partial charge in [0.1, 0.15) is 23.0 Å². The van der Waals surface area contributed by atoms with Crippen LogP contribution >= 0.6 is 0 Å². The van der Waals surface area contributed by atoms with Gasteiger partial charge >= 0.3 is 5.97 Å². The predicted molar refractivity (Wildman–Crippen MR) is 148 cm³/mol. The van der Waals surface area contributed by atoms with Gasteiger partial charge in [-0.1, -0.05) is 12.1 Å². The molecule has 10 nitrogen and oxygen atoms in total. The highest BCUT2D eigenvalue weighted by Crippen LogP contribution is 2.38. The number of aliphatic carboxylic acids is 1. The fourth-order valence-electron chi connectivity index (χ4n) is 5.77. The third-order valence-electron chi connectivity index (χ3n) is 7.71. The molecule has 3 N–H and O–H groups in total. The van der Waals surface area contributed by atoms with Crippen molar-refractivity contribution in [1.29, 1.82) is 0 Å². The lowest BCUT2D eigenvalue weighted by atomic mass is 10.0. The van der Waals surface area contributed by atoms with E-state index in [0.29, 0.717) is 47.0 Å². The summed E-state index contributed by atoms with van der Waals surface area (Å²) in [7, 11) is 0. The molecule has 2 aromatic carbocycles. The van der Waals surface area contributed by atoms with Gasteiger partial charge in [-0.25, -0.2) is 14.8 Å². The second kappa shape index (κ2) is 10.2. The first-order chi connectivity index (χ1) is 18.9. The molecule has 2 aliphatic heterocycles. The highest BCUT2D eigenvalue weighted by molar-refractivity contribution is 6.06. The number of amides is 1. The number of aliphatic hydroxyl groups is 1. The molecule has 2 aliphatic rings. The Balaban J connectivity index is 1.17. The zero-order valence-electron chi connectivity index (χ0n) is 21.7. The zero-order valence-corrected chi connectivity index (χ0v) is 21.7. The SMILES string of the molecule is Cc1nc(N2C[C@@H](CC(=O)Nc3ccc(N4CCC(O)CC4)cc3)C[C@H]2C(=O)O)c2oc3ccccc3c2n1. The van der Waals surface area contributed by atoms with Crippen molar-refractivity contribution in [2.75, 3.05) is 34.8 Å². The van der Waals surface area contributed by atoms with Gasteiger partial charge in [0.2, 0.25) is 5.91 Å². The summed E-state index contributed by atoms with van der Waals surface area (Å²) in [4.78, 5) is 38.3. The second-order valence-corrected chi connectivity index (χ2v) is 10.5. The van der Waals surface area contributed by atoms with Crippen molar-refractivity contribution in [3.63, 3.8) is 0 Å². The van der Waals surface area contributed by atoms with Crippen molar-refractivity contribution in [3.8, 4) is 0 Å². The normalized spacial score (nSPS) is 20.2. The standard InChI is InChI=1S/C29H31N5O5/c1-17-30-26-22-4-2-3-5-24(22)39-27(26)28(31-17)34-16-18(14-23(34)29(37)38)15-25(36)32-19-6-8-20(9-7-19)33-12-10-21(35)11-13-33/h2-9,18,21,23,35H,10-16H2,1H3,(H,32,36)(H,37,38)/t18-,23+/m1/s1. The molecule has 1 amide bonds. The molecule has 0 radical (unpaired) electrons. The van der Waals surface area contributed by atoms with E-state index in [-0.39, 0.29) is 24.3 Å². The van der Waals surface area contributed by atoms with Crippen molar-refractivity contribution in [2.24, 2.45) is 5.92 Å². The highest BCUT2D eigenvalue weighted by Gasteiger charge is 2.40. The number of hydrogen-bond donors (Lipinski definition) is 3. The molecule has 6 rings (SSSR count). The van der Waals surface area contributed by atoms with Crippen LogP contribution in [0.3, 0.4) is 0 Å². The number of hydrogen-bond acceptors (Lipinski definition) is 8. The molecule has 39 heavy (non-hydrogen) atoms. The maximum absolute atomic E-state index is 12.9. The number of piperidine rings is 1. The second-order valence-electron chi connectivity index (χ2n) is 10.5. The van der Waals surface area contributed by atoms with Crippen molar-refractivity contribution in [3.05, 3.63) is 54.4 Å². The van der Waals surface area contributed by atoms with Crippen LogP contribution < -0.4 is 15.1 Å². The summed E-state index contributed by atoms with van der Waals surface area (Å²) in [6, 6.07) is 14.4.